The van der Waals surface area contributed by atoms with Gasteiger partial charge in [0.2, 0.25) is 0 Å². The van der Waals surface area contributed by atoms with E-state index < -0.39 is 0 Å². The van der Waals surface area contributed by atoms with E-state index in [9.17, 15) is 0 Å². The Hall–Kier alpha value is 0.700. The molecule has 0 amide bonds. The van der Waals surface area contributed by atoms with Gasteiger partial charge in [0.1, 0.15) is 0 Å². The van der Waals surface area contributed by atoms with Crippen LogP contribution in [0.15, 0.2) is 0 Å². The van der Waals surface area contributed by atoms with Gasteiger partial charge in [0.25, 0.3) is 0 Å². The molecule has 0 radical (unpaired) electrons. The van der Waals surface area contributed by atoms with E-state index in [1.54, 1.807) is 0 Å². The van der Waals surface area contributed by atoms with Crippen molar-refractivity contribution in [2.24, 2.45) is 0 Å². The Morgan fingerprint density at radius 1 is 0.667 bits per heavy atom. The van der Waals surface area contributed by atoms with Crippen molar-refractivity contribution in [1.29, 1.82) is 0 Å². The van der Waals surface area contributed by atoms with Crippen molar-refractivity contribution in [2.75, 3.05) is 23.0 Å². The molecule has 76 valence electrons. The molecule has 0 saturated heterocycles. The normalized spacial score (nSPS) is 9.00. The number of thioether (sulfide) groups is 2. The molecule has 0 atom stereocenters. The molecule has 0 aromatic heterocycles. The first-order valence-corrected chi connectivity index (χ1v) is 7.29. The Balaban J connectivity index is 0. The topological polar surface area (TPSA) is 0 Å². The molecule has 0 aromatic rings. The average molecular weight is 208 g/mol. The van der Waals surface area contributed by atoms with Gasteiger partial charge >= 0.3 is 0 Å². The van der Waals surface area contributed by atoms with Crippen molar-refractivity contribution in [3.05, 3.63) is 0 Å². The average Bonchev–Trinajstić information content (AvgIpc) is 2.08. The van der Waals surface area contributed by atoms with Gasteiger partial charge in [-0.15, -0.1) is 0 Å². The van der Waals surface area contributed by atoms with Crippen molar-refractivity contribution in [1.82, 2.24) is 0 Å². The predicted octanol–water partition coefficient (Wildman–Crippen LogP) is 4.30. The van der Waals surface area contributed by atoms with Crippen LogP contribution >= 0.6 is 23.5 Å². The maximum atomic E-state index is 2.22. The lowest BCUT2D eigenvalue weighted by Crippen LogP contribution is -1.76. The van der Waals surface area contributed by atoms with Gasteiger partial charge in [-0.3, -0.25) is 0 Å². The minimum absolute atomic E-state index is 1.26. The molecule has 0 heterocycles. The molecular weight excluding hydrogens is 184 g/mol. The van der Waals surface area contributed by atoms with Crippen LogP contribution in [0.5, 0.6) is 0 Å². The fourth-order valence-electron chi connectivity index (χ4n) is 0.595. The number of hydrogen-bond acceptors (Lipinski definition) is 2. The first-order chi connectivity index (χ1) is 5.83. The minimum Gasteiger partial charge on any atom is -0.163 e. The van der Waals surface area contributed by atoms with E-state index in [2.05, 4.69) is 39.5 Å². The van der Waals surface area contributed by atoms with Gasteiger partial charge in [-0.05, 0) is 35.9 Å². The third kappa shape index (κ3) is 22.4. The molecule has 0 unspecified atom stereocenters. The van der Waals surface area contributed by atoms with E-state index in [4.69, 9.17) is 0 Å². The standard InChI is InChI=1S/C6H14S.C4H10S/c1-3-5-7-6-4-2;1-3-5-4-2/h3-6H2,1-2H3;3-4H2,1-2H3. The van der Waals surface area contributed by atoms with Crippen molar-refractivity contribution in [3.63, 3.8) is 0 Å². The Labute approximate surface area is 87.3 Å². The summed E-state index contributed by atoms with van der Waals surface area (Å²) in [4.78, 5) is 0. The van der Waals surface area contributed by atoms with E-state index in [1.165, 1.54) is 35.9 Å². The minimum atomic E-state index is 1.26. The summed E-state index contributed by atoms with van der Waals surface area (Å²) in [6.07, 6.45) is 2.65. The van der Waals surface area contributed by atoms with Crippen LogP contribution in [0.25, 0.3) is 0 Å². The lowest BCUT2D eigenvalue weighted by molar-refractivity contribution is 1.07. The SMILES string of the molecule is CCCSCCC.CCSCC. The van der Waals surface area contributed by atoms with Crippen molar-refractivity contribution < 1.29 is 0 Å². The quantitative estimate of drug-likeness (QED) is 0.597. The summed E-state index contributed by atoms with van der Waals surface area (Å²) in [6, 6.07) is 0. The summed E-state index contributed by atoms with van der Waals surface area (Å²) in [7, 11) is 0. The molecule has 0 saturated carbocycles. The second-order valence-electron chi connectivity index (χ2n) is 2.39. The van der Waals surface area contributed by atoms with Crippen LogP contribution in [0.2, 0.25) is 0 Å². The van der Waals surface area contributed by atoms with Gasteiger partial charge in [0.05, 0.1) is 0 Å². The highest BCUT2D eigenvalue weighted by Gasteiger charge is 1.79. The number of rotatable bonds is 6. The van der Waals surface area contributed by atoms with E-state index in [-0.39, 0.29) is 0 Å². The highest BCUT2D eigenvalue weighted by molar-refractivity contribution is 7.99. The van der Waals surface area contributed by atoms with Crippen molar-refractivity contribution in [2.45, 2.75) is 40.5 Å². The lowest BCUT2D eigenvalue weighted by Gasteiger charge is -1.91. The zero-order valence-electron chi connectivity index (χ0n) is 9.06. The largest absolute Gasteiger partial charge is 0.163 e. The van der Waals surface area contributed by atoms with Crippen LogP contribution in [0.1, 0.15) is 40.5 Å². The zero-order valence-corrected chi connectivity index (χ0v) is 10.7. The van der Waals surface area contributed by atoms with Gasteiger partial charge in [0.15, 0.2) is 0 Å². The predicted molar refractivity (Wildman–Crippen MR) is 66.6 cm³/mol. The van der Waals surface area contributed by atoms with Crippen LogP contribution < -0.4 is 0 Å². The van der Waals surface area contributed by atoms with Gasteiger partial charge < -0.3 is 0 Å². The van der Waals surface area contributed by atoms with Crippen LogP contribution in [0, 0.1) is 0 Å². The molecule has 0 aliphatic carbocycles. The maximum Gasteiger partial charge on any atom is -0.00702 e. The Morgan fingerprint density at radius 3 is 1.25 bits per heavy atom. The summed E-state index contributed by atoms with van der Waals surface area (Å²) in [5.41, 5.74) is 0. The zero-order chi connectivity index (χ0) is 9.66. The summed E-state index contributed by atoms with van der Waals surface area (Å²) < 4.78 is 0. The summed E-state index contributed by atoms with van der Waals surface area (Å²) >= 11 is 4.02. The van der Waals surface area contributed by atoms with Crippen LogP contribution in [-0.2, 0) is 0 Å². The van der Waals surface area contributed by atoms with E-state index >= 15 is 0 Å². The van der Waals surface area contributed by atoms with Crippen molar-refractivity contribution in [3.8, 4) is 0 Å². The highest BCUT2D eigenvalue weighted by atomic mass is 32.2. The monoisotopic (exact) mass is 208 g/mol. The molecule has 0 N–H and O–H groups in total. The van der Waals surface area contributed by atoms with Crippen LogP contribution in [0.3, 0.4) is 0 Å². The second-order valence-corrected chi connectivity index (χ2v) is 5.18. The smallest absolute Gasteiger partial charge is 0.00702 e. The third-order valence-electron chi connectivity index (χ3n) is 1.11. The second kappa shape index (κ2) is 17.7. The summed E-state index contributed by atoms with van der Waals surface area (Å²) in [5.74, 6) is 5.20. The Morgan fingerprint density at radius 2 is 1.08 bits per heavy atom. The highest BCUT2D eigenvalue weighted by Crippen LogP contribution is 2.02. The summed E-state index contributed by atoms with van der Waals surface area (Å²) in [5, 5.41) is 0. The molecular formula is C10H24S2. The van der Waals surface area contributed by atoms with Gasteiger partial charge in [-0.1, -0.05) is 27.7 Å². The van der Waals surface area contributed by atoms with Crippen molar-refractivity contribution >= 4 is 23.5 Å². The Kier molecular flexibility index (Phi) is 22.4. The molecule has 0 spiro atoms. The van der Waals surface area contributed by atoms with Gasteiger partial charge in [0, 0.05) is 0 Å². The first-order valence-electron chi connectivity index (χ1n) is 4.98. The van der Waals surface area contributed by atoms with Gasteiger partial charge in [-0.25, -0.2) is 0 Å². The molecule has 0 aliphatic rings. The molecule has 0 aromatic carbocycles. The van der Waals surface area contributed by atoms with Crippen LogP contribution in [0.4, 0.5) is 0 Å². The first kappa shape index (κ1) is 15.2. The summed E-state index contributed by atoms with van der Waals surface area (Å²) in [6.45, 7) is 8.80. The maximum absolute atomic E-state index is 2.22. The van der Waals surface area contributed by atoms with Gasteiger partial charge in [-0.2, -0.15) is 23.5 Å². The molecule has 0 nitrogen and oxygen atoms in total. The number of hydrogen-bond donors (Lipinski definition) is 0. The van der Waals surface area contributed by atoms with E-state index in [1.807, 2.05) is 11.8 Å². The Bertz CT molecular complexity index is 49.8. The fraction of sp³-hybridized carbons (Fsp3) is 1.00. The lowest BCUT2D eigenvalue weighted by atomic mass is 10.6. The van der Waals surface area contributed by atoms with E-state index in [0.29, 0.717) is 0 Å². The van der Waals surface area contributed by atoms with Crippen LogP contribution in [-0.4, -0.2) is 23.0 Å². The third-order valence-corrected chi connectivity index (χ3v) is 3.32. The molecule has 0 aliphatic heterocycles. The fourth-order valence-corrected chi connectivity index (χ4v) is 1.78. The molecule has 0 rings (SSSR count). The molecule has 0 fully saturated rings. The molecule has 2 heteroatoms. The molecule has 12 heavy (non-hydrogen) atoms. The molecule has 0 bridgehead atoms. The van der Waals surface area contributed by atoms with E-state index in [0.717, 1.165) is 0 Å².